The summed E-state index contributed by atoms with van der Waals surface area (Å²) in [5.41, 5.74) is 0.558. The second-order valence-corrected chi connectivity index (χ2v) is 4.95. The van der Waals surface area contributed by atoms with Crippen LogP contribution in [0.1, 0.15) is 13.3 Å². The van der Waals surface area contributed by atoms with Crippen LogP contribution in [0.25, 0.3) is 0 Å². The zero-order chi connectivity index (χ0) is 14.9. The number of carbonyl (C=O) groups excluding carboxylic acids is 2. The van der Waals surface area contributed by atoms with Gasteiger partial charge >= 0.3 is 5.97 Å². The molecule has 0 aromatic rings. The summed E-state index contributed by atoms with van der Waals surface area (Å²) >= 11 is 0. The van der Waals surface area contributed by atoms with Crippen LogP contribution in [0, 0.1) is 17.2 Å². The molecule has 0 bridgehead atoms. The topological polar surface area (TPSA) is 90.6 Å². The van der Waals surface area contributed by atoms with Crippen molar-refractivity contribution >= 4 is 11.9 Å². The lowest BCUT2D eigenvalue weighted by molar-refractivity contribution is -0.170. The molecule has 2 heterocycles. The monoisotopic (exact) mass is 276 g/mol. The van der Waals surface area contributed by atoms with E-state index in [-0.39, 0.29) is 18.6 Å². The average Bonchev–Trinajstić information content (AvgIpc) is 2.70. The van der Waals surface area contributed by atoms with Gasteiger partial charge in [0.15, 0.2) is 6.04 Å². The number of hydrogen-bond donors (Lipinski definition) is 1. The molecule has 2 fully saturated rings. The van der Waals surface area contributed by atoms with Crippen molar-refractivity contribution in [3.05, 3.63) is 24.3 Å². The van der Waals surface area contributed by atoms with Crippen LogP contribution < -0.4 is 0 Å². The summed E-state index contributed by atoms with van der Waals surface area (Å²) in [5, 5.41) is 18.4. The van der Waals surface area contributed by atoms with Gasteiger partial charge in [-0.15, -0.1) is 0 Å². The molecule has 6 heteroatoms. The van der Waals surface area contributed by atoms with Crippen molar-refractivity contribution in [2.45, 2.75) is 31.5 Å². The van der Waals surface area contributed by atoms with E-state index in [1.54, 1.807) is 6.92 Å². The van der Waals surface area contributed by atoms with Gasteiger partial charge in [-0.3, -0.25) is 4.79 Å². The van der Waals surface area contributed by atoms with Crippen LogP contribution in [0.4, 0.5) is 0 Å². The molecule has 20 heavy (non-hydrogen) atoms. The Morgan fingerprint density at radius 1 is 1.75 bits per heavy atom. The van der Waals surface area contributed by atoms with Crippen molar-refractivity contribution in [1.82, 2.24) is 4.90 Å². The van der Waals surface area contributed by atoms with E-state index in [2.05, 4.69) is 6.58 Å². The Kier molecular flexibility index (Phi) is 3.91. The van der Waals surface area contributed by atoms with Crippen molar-refractivity contribution < 1.29 is 19.4 Å². The van der Waals surface area contributed by atoms with E-state index >= 15 is 0 Å². The summed E-state index contributed by atoms with van der Waals surface area (Å²) < 4.78 is 4.98. The third-order valence-corrected chi connectivity index (χ3v) is 3.72. The Morgan fingerprint density at radius 3 is 3.00 bits per heavy atom. The molecule has 0 saturated carbocycles. The molecule has 4 atom stereocenters. The number of nitrogens with zero attached hydrogens (tertiary/aromatic N) is 2. The van der Waals surface area contributed by atoms with Crippen LogP contribution in [0.15, 0.2) is 24.3 Å². The van der Waals surface area contributed by atoms with Gasteiger partial charge in [-0.1, -0.05) is 12.7 Å². The number of allylic oxidation sites excluding steroid dienone is 1. The maximum Gasteiger partial charge on any atom is 0.333 e. The van der Waals surface area contributed by atoms with Crippen molar-refractivity contribution in [1.29, 1.82) is 5.26 Å². The van der Waals surface area contributed by atoms with Crippen LogP contribution in [-0.2, 0) is 14.3 Å². The number of ether oxygens (including phenoxy) is 1. The second-order valence-electron chi connectivity index (χ2n) is 4.95. The molecule has 0 radical (unpaired) electrons. The SMILES string of the molecule is C=CCOC(=O)[C@H]1/C(=C/C#N)C[C@@H]2[C@@H]([C@@H](C)O)C(=O)N21. The van der Waals surface area contributed by atoms with Crippen LogP contribution in [-0.4, -0.2) is 46.7 Å². The summed E-state index contributed by atoms with van der Waals surface area (Å²) in [4.78, 5) is 25.5. The normalized spacial score (nSPS) is 31.2. The van der Waals surface area contributed by atoms with Gasteiger partial charge in [0.2, 0.25) is 5.91 Å². The van der Waals surface area contributed by atoms with Gasteiger partial charge in [0.25, 0.3) is 0 Å². The molecule has 1 amide bonds. The molecule has 2 aliphatic rings. The minimum Gasteiger partial charge on any atom is -0.460 e. The Hall–Kier alpha value is -2.13. The summed E-state index contributed by atoms with van der Waals surface area (Å²) in [5.74, 6) is -1.34. The highest BCUT2D eigenvalue weighted by Crippen LogP contribution is 2.44. The number of rotatable bonds is 4. The highest BCUT2D eigenvalue weighted by molar-refractivity contribution is 5.95. The average molecular weight is 276 g/mol. The lowest BCUT2D eigenvalue weighted by Gasteiger charge is -2.45. The maximum atomic E-state index is 12.1. The lowest BCUT2D eigenvalue weighted by Crippen LogP contribution is -2.64. The van der Waals surface area contributed by atoms with E-state index < -0.39 is 24.0 Å². The summed E-state index contributed by atoms with van der Waals surface area (Å²) in [6.07, 6.45) is 2.37. The zero-order valence-electron chi connectivity index (χ0n) is 11.2. The molecule has 2 aliphatic heterocycles. The van der Waals surface area contributed by atoms with Crippen LogP contribution in [0.5, 0.6) is 0 Å². The predicted octanol–water partition coefficient (Wildman–Crippen LogP) is 0.146. The van der Waals surface area contributed by atoms with Crippen molar-refractivity contribution in [3.63, 3.8) is 0 Å². The third-order valence-electron chi connectivity index (χ3n) is 3.72. The van der Waals surface area contributed by atoms with E-state index in [0.717, 1.165) is 0 Å². The fourth-order valence-corrected chi connectivity index (χ4v) is 2.90. The molecular formula is C14H16N2O4. The number of fused-ring (bicyclic) bond motifs is 1. The van der Waals surface area contributed by atoms with Crippen LogP contribution in [0.2, 0.25) is 0 Å². The number of aliphatic hydroxyl groups excluding tert-OH is 1. The molecule has 0 aromatic carbocycles. The molecule has 106 valence electrons. The molecule has 6 nitrogen and oxygen atoms in total. The summed E-state index contributed by atoms with van der Waals surface area (Å²) in [7, 11) is 0. The van der Waals surface area contributed by atoms with Gasteiger partial charge in [0.1, 0.15) is 6.61 Å². The Balaban J connectivity index is 2.23. The molecule has 1 N–H and O–H groups in total. The van der Waals surface area contributed by atoms with E-state index in [9.17, 15) is 14.7 Å². The summed E-state index contributed by atoms with van der Waals surface area (Å²) in [6.45, 7) is 5.06. The zero-order valence-corrected chi connectivity index (χ0v) is 11.2. The standard InChI is InChI=1S/C14H16N2O4/c1-3-6-20-14(19)12-9(4-5-15)7-10-11(8(2)17)13(18)16(10)12/h3-4,8,10-12,17H,1,6-7H2,2H3/b9-4+/t8-,10-,11-,12-/m1/s1. The number of carbonyl (C=O) groups is 2. The number of amides is 1. The van der Waals surface area contributed by atoms with E-state index in [1.807, 2.05) is 6.07 Å². The quantitative estimate of drug-likeness (QED) is 0.341. The largest absolute Gasteiger partial charge is 0.460 e. The lowest BCUT2D eigenvalue weighted by atomic mass is 9.84. The van der Waals surface area contributed by atoms with Gasteiger partial charge in [-0.25, -0.2) is 4.79 Å². The highest BCUT2D eigenvalue weighted by Gasteiger charge is 2.59. The molecule has 2 saturated heterocycles. The number of aliphatic hydroxyl groups is 1. The van der Waals surface area contributed by atoms with E-state index in [1.165, 1.54) is 17.1 Å². The first kappa shape index (κ1) is 14.3. The first-order valence-electron chi connectivity index (χ1n) is 6.39. The Bertz CT molecular complexity index is 518. The van der Waals surface area contributed by atoms with Crippen molar-refractivity contribution in [2.75, 3.05) is 6.61 Å². The highest BCUT2D eigenvalue weighted by atomic mass is 16.5. The minimum atomic E-state index is -0.845. The predicted molar refractivity (Wildman–Crippen MR) is 69.1 cm³/mol. The minimum absolute atomic E-state index is 0.0572. The van der Waals surface area contributed by atoms with Crippen LogP contribution >= 0.6 is 0 Å². The van der Waals surface area contributed by atoms with Crippen LogP contribution in [0.3, 0.4) is 0 Å². The molecule has 2 rings (SSSR count). The molecule has 0 aromatic heterocycles. The molecule has 0 unspecified atom stereocenters. The van der Waals surface area contributed by atoms with Gasteiger partial charge < -0.3 is 14.7 Å². The van der Waals surface area contributed by atoms with Gasteiger partial charge in [0, 0.05) is 6.08 Å². The van der Waals surface area contributed by atoms with E-state index in [4.69, 9.17) is 10.00 Å². The first-order chi connectivity index (χ1) is 9.52. The fourth-order valence-electron chi connectivity index (χ4n) is 2.90. The van der Waals surface area contributed by atoms with Gasteiger partial charge in [0.05, 0.1) is 24.1 Å². The number of hydrogen-bond acceptors (Lipinski definition) is 5. The van der Waals surface area contributed by atoms with Gasteiger partial charge in [-0.2, -0.15) is 5.26 Å². The van der Waals surface area contributed by atoms with Gasteiger partial charge in [-0.05, 0) is 18.9 Å². The Morgan fingerprint density at radius 2 is 2.45 bits per heavy atom. The summed E-state index contributed by atoms with van der Waals surface area (Å²) in [6, 6.07) is 0.810. The molecule has 0 aliphatic carbocycles. The van der Waals surface area contributed by atoms with Crippen molar-refractivity contribution in [2.24, 2.45) is 5.92 Å². The van der Waals surface area contributed by atoms with Crippen molar-refractivity contribution in [3.8, 4) is 6.07 Å². The number of β-lactam (4-membered cyclic amide) rings is 1. The Labute approximate surface area is 116 Å². The second kappa shape index (κ2) is 5.47. The number of nitriles is 1. The smallest absolute Gasteiger partial charge is 0.333 e. The van der Waals surface area contributed by atoms with E-state index in [0.29, 0.717) is 12.0 Å². The molecule has 0 spiro atoms. The maximum absolute atomic E-state index is 12.1. The first-order valence-corrected chi connectivity index (χ1v) is 6.39. The third kappa shape index (κ3) is 2.10. The molecular weight excluding hydrogens is 260 g/mol. The fraction of sp³-hybridized carbons (Fsp3) is 0.500. The number of esters is 1.